The summed E-state index contributed by atoms with van der Waals surface area (Å²) in [6, 6.07) is 0.677. The smallest absolute Gasteiger partial charge is 0.0718 e. The van der Waals surface area contributed by atoms with Crippen molar-refractivity contribution in [1.82, 2.24) is 10.2 Å². The van der Waals surface area contributed by atoms with Gasteiger partial charge in [-0.25, -0.2) is 0 Å². The highest BCUT2D eigenvalue weighted by Crippen LogP contribution is 2.26. The molecule has 3 nitrogen and oxygen atoms in total. The Hall–Kier alpha value is -0.120. The lowest BCUT2D eigenvalue weighted by Crippen LogP contribution is -2.43. The van der Waals surface area contributed by atoms with Gasteiger partial charge in [-0.2, -0.15) is 0 Å². The van der Waals surface area contributed by atoms with Crippen LogP contribution >= 0.6 is 0 Å². The quantitative estimate of drug-likeness (QED) is 0.722. The topological polar surface area (TPSA) is 35.5 Å². The molecule has 2 N–H and O–H groups in total. The first-order valence-corrected chi connectivity index (χ1v) is 6.58. The molecule has 0 bridgehead atoms. The molecule has 0 aromatic heterocycles. The molecule has 0 aliphatic heterocycles. The maximum Gasteiger partial charge on any atom is 0.0718 e. The van der Waals surface area contributed by atoms with Gasteiger partial charge in [0.2, 0.25) is 0 Å². The average Bonchev–Trinajstić information content (AvgIpc) is 2.62. The molecule has 0 aromatic rings. The highest BCUT2D eigenvalue weighted by atomic mass is 16.3. The Balaban J connectivity index is 2.43. The number of nitrogens with zero attached hydrogens (tertiary/aromatic N) is 1. The predicted octanol–water partition coefficient (Wildman–Crippen LogP) is 1.47. The van der Waals surface area contributed by atoms with Crippen molar-refractivity contribution in [2.75, 3.05) is 26.7 Å². The summed E-state index contributed by atoms with van der Waals surface area (Å²) >= 11 is 0. The molecule has 1 aliphatic rings. The van der Waals surface area contributed by atoms with E-state index in [1.807, 2.05) is 13.8 Å². The maximum absolute atomic E-state index is 9.86. The van der Waals surface area contributed by atoms with Crippen LogP contribution < -0.4 is 5.32 Å². The minimum Gasteiger partial charge on any atom is -0.389 e. The Morgan fingerprint density at radius 1 is 1.38 bits per heavy atom. The van der Waals surface area contributed by atoms with Gasteiger partial charge in [0.05, 0.1) is 5.60 Å². The van der Waals surface area contributed by atoms with Crippen molar-refractivity contribution < 1.29 is 5.11 Å². The third kappa shape index (κ3) is 4.40. The lowest BCUT2D eigenvalue weighted by Gasteiger charge is -2.31. The van der Waals surface area contributed by atoms with Crippen molar-refractivity contribution in [3.63, 3.8) is 0 Å². The zero-order valence-electron chi connectivity index (χ0n) is 11.3. The first kappa shape index (κ1) is 13.9. The summed E-state index contributed by atoms with van der Waals surface area (Å²) in [5.74, 6) is 0.757. The van der Waals surface area contributed by atoms with Gasteiger partial charge in [-0.3, -0.25) is 0 Å². The molecule has 16 heavy (non-hydrogen) atoms. The molecule has 0 amide bonds. The summed E-state index contributed by atoms with van der Waals surface area (Å²) in [6.45, 7) is 8.87. The van der Waals surface area contributed by atoms with Gasteiger partial charge in [-0.05, 0) is 46.2 Å². The Morgan fingerprint density at radius 3 is 2.56 bits per heavy atom. The number of aliphatic hydroxyl groups is 1. The molecule has 1 fully saturated rings. The van der Waals surface area contributed by atoms with Crippen LogP contribution in [-0.4, -0.2) is 48.3 Å². The minimum absolute atomic E-state index is 0.580. The fourth-order valence-electron chi connectivity index (χ4n) is 2.82. The van der Waals surface area contributed by atoms with Crippen LogP contribution in [0.15, 0.2) is 0 Å². The predicted molar refractivity (Wildman–Crippen MR) is 68.6 cm³/mol. The van der Waals surface area contributed by atoms with E-state index in [4.69, 9.17) is 0 Å². The van der Waals surface area contributed by atoms with Crippen LogP contribution in [0, 0.1) is 5.92 Å². The molecular formula is C13H28N2O. The molecular weight excluding hydrogens is 200 g/mol. The van der Waals surface area contributed by atoms with E-state index in [0.717, 1.165) is 25.6 Å². The molecule has 0 heterocycles. The van der Waals surface area contributed by atoms with Crippen LogP contribution in [0.3, 0.4) is 0 Å². The molecule has 2 atom stereocenters. The number of nitrogens with one attached hydrogen (secondary N) is 1. The first-order chi connectivity index (χ1) is 7.46. The largest absolute Gasteiger partial charge is 0.389 e. The van der Waals surface area contributed by atoms with Crippen LogP contribution in [0.1, 0.15) is 40.0 Å². The lowest BCUT2D eigenvalue weighted by molar-refractivity contribution is 0.0319. The normalized spacial score (nSPS) is 26.6. The van der Waals surface area contributed by atoms with E-state index in [9.17, 15) is 5.11 Å². The second-order valence-electron chi connectivity index (χ2n) is 5.73. The molecule has 2 unspecified atom stereocenters. The van der Waals surface area contributed by atoms with Gasteiger partial charge in [0.25, 0.3) is 0 Å². The Labute approximate surface area is 100 Å². The average molecular weight is 228 g/mol. The summed E-state index contributed by atoms with van der Waals surface area (Å²) in [4.78, 5) is 2.38. The van der Waals surface area contributed by atoms with Crippen molar-refractivity contribution in [2.45, 2.75) is 51.7 Å². The van der Waals surface area contributed by atoms with Crippen LogP contribution in [0.5, 0.6) is 0 Å². The van der Waals surface area contributed by atoms with Crippen LogP contribution in [0.25, 0.3) is 0 Å². The second-order valence-corrected chi connectivity index (χ2v) is 5.73. The van der Waals surface area contributed by atoms with Crippen molar-refractivity contribution in [3.05, 3.63) is 0 Å². The highest BCUT2D eigenvalue weighted by Gasteiger charge is 2.28. The van der Waals surface area contributed by atoms with E-state index in [1.54, 1.807) is 0 Å². The molecule has 0 spiro atoms. The van der Waals surface area contributed by atoms with Gasteiger partial charge in [0.15, 0.2) is 0 Å². The fourth-order valence-corrected chi connectivity index (χ4v) is 2.82. The van der Waals surface area contributed by atoms with E-state index in [0.29, 0.717) is 6.04 Å². The molecule has 1 saturated carbocycles. The summed E-state index contributed by atoms with van der Waals surface area (Å²) in [5, 5.41) is 13.3. The molecule has 1 aliphatic carbocycles. The van der Waals surface area contributed by atoms with Gasteiger partial charge >= 0.3 is 0 Å². The van der Waals surface area contributed by atoms with Crippen molar-refractivity contribution in [1.29, 1.82) is 0 Å². The van der Waals surface area contributed by atoms with Crippen LogP contribution in [0.2, 0.25) is 0 Å². The molecule has 0 saturated heterocycles. The third-order valence-electron chi connectivity index (χ3n) is 3.58. The van der Waals surface area contributed by atoms with Gasteiger partial charge in [-0.1, -0.05) is 13.3 Å². The fraction of sp³-hybridized carbons (Fsp3) is 1.00. The van der Waals surface area contributed by atoms with Crippen molar-refractivity contribution >= 4 is 0 Å². The molecule has 0 aromatic carbocycles. The van der Waals surface area contributed by atoms with E-state index in [-0.39, 0.29) is 0 Å². The Bertz CT molecular complexity index is 201. The number of likely N-dealkylation sites (N-methyl/N-ethyl adjacent to an activating group) is 1. The van der Waals surface area contributed by atoms with E-state index in [2.05, 4.69) is 24.2 Å². The molecule has 0 radical (unpaired) electrons. The van der Waals surface area contributed by atoms with E-state index < -0.39 is 5.60 Å². The first-order valence-electron chi connectivity index (χ1n) is 6.58. The summed E-state index contributed by atoms with van der Waals surface area (Å²) < 4.78 is 0. The number of hydrogen-bond donors (Lipinski definition) is 2. The van der Waals surface area contributed by atoms with Crippen LogP contribution in [0.4, 0.5) is 0 Å². The summed E-state index contributed by atoms with van der Waals surface area (Å²) in [5.41, 5.74) is -0.580. The Morgan fingerprint density at radius 2 is 2.06 bits per heavy atom. The van der Waals surface area contributed by atoms with Crippen LogP contribution in [-0.2, 0) is 0 Å². The summed E-state index contributed by atoms with van der Waals surface area (Å²) in [7, 11) is 2.06. The highest BCUT2D eigenvalue weighted by molar-refractivity contribution is 4.85. The van der Waals surface area contributed by atoms with Gasteiger partial charge in [0, 0.05) is 19.1 Å². The van der Waals surface area contributed by atoms with E-state index in [1.165, 1.54) is 19.3 Å². The monoisotopic (exact) mass is 228 g/mol. The minimum atomic E-state index is -0.580. The Kier molecular flexibility index (Phi) is 5.22. The van der Waals surface area contributed by atoms with Gasteiger partial charge < -0.3 is 15.3 Å². The van der Waals surface area contributed by atoms with Gasteiger partial charge in [-0.15, -0.1) is 0 Å². The van der Waals surface area contributed by atoms with Crippen molar-refractivity contribution in [3.8, 4) is 0 Å². The lowest BCUT2D eigenvalue weighted by atomic mass is 10.0. The summed E-state index contributed by atoms with van der Waals surface area (Å²) in [6.07, 6.45) is 3.98. The molecule has 96 valence electrons. The zero-order valence-corrected chi connectivity index (χ0v) is 11.3. The molecule has 1 rings (SSSR count). The number of rotatable bonds is 6. The van der Waals surface area contributed by atoms with E-state index >= 15 is 0 Å². The third-order valence-corrected chi connectivity index (χ3v) is 3.58. The molecule has 3 heteroatoms. The second kappa shape index (κ2) is 5.99. The number of hydrogen-bond acceptors (Lipinski definition) is 3. The maximum atomic E-state index is 9.86. The van der Waals surface area contributed by atoms with Crippen molar-refractivity contribution in [2.24, 2.45) is 5.92 Å². The SMILES string of the molecule is CCN(CC1CCCC1NC)CC(C)(C)O. The van der Waals surface area contributed by atoms with Gasteiger partial charge in [0.1, 0.15) is 0 Å². The standard InChI is InChI=1S/C13H28N2O/c1-5-15(10-13(2,3)16)9-11-7-6-8-12(11)14-4/h11-12,14,16H,5-10H2,1-4H3. The zero-order chi connectivity index (χ0) is 12.2.